The van der Waals surface area contributed by atoms with Crippen LogP contribution in [0, 0.1) is 13.8 Å². The van der Waals surface area contributed by atoms with Crippen LogP contribution in [-0.2, 0) is 12.4 Å². The number of rotatable bonds is 12. The summed E-state index contributed by atoms with van der Waals surface area (Å²) >= 11 is 3.11. The van der Waals surface area contributed by atoms with Gasteiger partial charge in [0.1, 0.15) is 22.6 Å². The van der Waals surface area contributed by atoms with Crippen molar-refractivity contribution in [2.75, 3.05) is 66.7 Å². The lowest BCUT2D eigenvalue weighted by atomic mass is 10.0. The van der Waals surface area contributed by atoms with Gasteiger partial charge in [-0.2, -0.15) is 59.2 Å². The summed E-state index contributed by atoms with van der Waals surface area (Å²) in [5.74, 6) is 0.255. The fourth-order valence-corrected chi connectivity index (χ4v) is 11.8. The predicted molar refractivity (Wildman–Crippen MR) is 282 cm³/mol. The van der Waals surface area contributed by atoms with Crippen LogP contribution in [0.3, 0.4) is 0 Å². The summed E-state index contributed by atoms with van der Waals surface area (Å²) in [5.41, 5.74) is 0.781. The maximum Gasteiger partial charge on any atom is 0.433 e. The number of aliphatic hydroxyl groups is 2. The largest absolute Gasteiger partial charge is 0.497 e. The van der Waals surface area contributed by atoms with Gasteiger partial charge in [-0.25, -0.2) is 19.0 Å². The van der Waals surface area contributed by atoms with Crippen LogP contribution in [0.25, 0.3) is 33.8 Å². The monoisotopic (exact) mass is 1120 g/mol. The van der Waals surface area contributed by atoms with Crippen molar-refractivity contribution in [3.63, 3.8) is 0 Å². The highest BCUT2D eigenvalue weighted by Crippen LogP contribution is 2.39. The third-order valence-corrected chi connectivity index (χ3v) is 15.8. The maximum absolute atomic E-state index is 14.3. The molecule has 2 aliphatic heterocycles. The number of hydrogen-bond donors (Lipinski definition) is 2. The molecule has 4 atom stereocenters. The average molecular weight is 1120 g/mol. The van der Waals surface area contributed by atoms with E-state index in [0.29, 0.717) is 61.9 Å². The standard InChI is InChI=1S/2C27H28F3N5O3S/c2*1-16-13-33(22(14-36)19-8-11-39-15-19)9-10-34(16)26(37)21-12-31-35-24(27(28,29)30)17(2)23(32-25(21)35)18-4-6-20(38-3)7-5-18/h2*4-8,11-12,15-16,22,36H,9-10,13-14H2,1-3H3/t16-,22+;16-,22-/m11/s1. The first-order chi connectivity index (χ1) is 37.3. The fraction of sp³-hybridized carbons (Fsp3) is 0.370. The van der Waals surface area contributed by atoms with Gasteiger partial charge in [0.05, 0.1) is 63.3 Å². The minimum Gasteiger partial charge on any atom is -0.497 e. The summed E-state index contributed by atoms with van der Waals surface area (Å²) in [4.78, 5) is 44.0. The van der Waals surface area contributed by atoms with Gasteiger partial charge < -0.3 is 29.5 Å². The molecule has 2 N–H and O–H groups in total. The Balaban J connectivity index is 0.000000190. The van der Waals surface area contributed by atoms with Crippen molar-refractivity contribution in [1.29, 1.82) is 0 Å². The second-order valence-corrected chi connectivity index (χ2v) is 20.7. The van der Waals surface area contributed by atoms with E-state index in [4.69, 9.17) is 9.47 Å². The van der Waals surface area contributed by atoms with Crippen molar-refractivity contribution in [2.24, 2.45) is 0 Å². The van der Waals surface area contributed by atoms with Crippen LogP contribution in [0.2, 0.25) is 0 Å². The molecule has 0 radical (unpaired) electrons. The Morgan fingerprint density at radius 1 is 0.615 bits per heavy atom. The third kappa shape index (κ3) is 10.9. The molecule has 2 aromatic carbocycles. The number of ether oxygens (including phenoxy) is 2. The molecule has 8 aromatic rings. The van der Waals surface area contributed by atoms with Crippen molar-refractivity contribution >= 4 is 45.8 Å². The van der Waals surface area contributed by atoms with E-state index in [9.17, 15) is 46.1 Å². The van der Waals surface area contributed by atoms with Crippen molar-refractivity contribution in [2.45, 2.75) is 64.2 Å². The van der Waals surface area contributed by atoms with Gasteiger partial charge >= 0.3 is 12.4 Å². The lowest BCUT2D eigenvalue weighted by molar-refractivity contribution is -0.144. The van der Waals surface area contributed by atoms with E-state index in [-0.39, 0.29) is 82.3 Å². The number of fused-ring (bicyclic) bond motifs is 2. The summed E-state index contributed by atoms with van der Waals surface area (Å²) in [5, 5.41) is 35.8. The van der Waals surface area contributed by atoms with E-state index < -0.39 is 35.6 Å². The lowest BCUT2D eigenvalue weighted by Gasteiger charge is -2.42. The van der Waals surface area contributed by atoms with Gasteiger partial charge in [-0.15, -0.1) is 0 Å². The van der Waals surface area contributed by atoms with Crippen LogP contribution in [-0.4, -0.2) is 150 Å². The minimum atomic E-state index is -4.72. The van der Waals surface area contributed by atoms with Crippen LogP contribution in [0.5, 0.6) is 11.5 Å². The number of aromatic nitrogens is 6. The second kappa shape index (κ2) is 22.8. The van der Waals surface area contributed by atoms with Crippen molar-refractivity contribution in [1.82, 2.24) is 48.8 Å². The van der Waals surface area contributed by atoms with Crippen LogP contribution < -0.4 is 9.47 Å². The quantitative estimate of drug-likeness (QED) is 0.112. The van der Waals surface area contributed by atoms with E-state index in [1.165, 1.54) is 28.1 Å². The van der Waals surface area contributed by atoms with Crippen LogP contribution in [0.1, 0.15) is 80.3 Å². The topological polar surface area (TPSA) is 166 Å². The van der Waals surface area contributed by atoms with E-state index in [1.54, 1.807) is 81.0 Å². The maximum atomic E-state index is 14.3. The first kappa shape index (κ1) is 55.8. The molecule has 0 saturated carbocycles. The number of thiophene rings is 2. The first-order valence-electron chi connectivity index (χ1n) is 24.8. The predicted octanol–water partition coefficient (Wildman–Crippen LogP) is 9.35. The van der Waals surface area contributed by atoms with Crippen LogP contribution in [0.4, 0.5) is 26.3 Å². The molecule has 6 aromatic heterocycles. The first-order valence-corrected chi connectivity index (χ1v) is 26.7. The molecular formula is C54H56F6N10O6S2. The molecule has 16 nitrogen and oxygen atoms in total. The highest BCUT2D eigenvalue weighted by atomic mass is 32.1. The summed E-state index contributed by atoms with van der Waals surface area (Å²) in [6, 6.07) is 16.2. The molecule has 412 valence electrons. The molecule has 0 bridgehead atoms. The number of aliphatic hydroxyl groups excluding tert-OH is 2. The Morgan fingerprint density at radius 2 is 0.987 bits per heavy atom. The normalized spacial score (nSPS) is 17.5. The van der Waals surface area contributed by atoms with E-state index in [2.05, 4.69) is 30.0 Å². The fourth-order valence-electron chi connectivity index (χ4n) is 10.4. The zero-order chi connectivity index (χ0) is 55.8. The lowest BCUT2D eigenvalue weighted by Crippen LogP contribution is -2.55. The number of carbonyl (C=O) groups excluding carboxylic acids is 2. The number of halogens is 6. The van der Waals surface area contributed by atoms with Gasteiger partial charge in [0.25, 0.3) is 11.8 Å². The highest BCUT2D eigenvalue weighted by Gasteiger charge is 2.42. The summed E-state index contributed by atoms with van der Waals surface area (Å²) in [7, 11) is 3.01. The smallest absolute Gasteiger partial charge is 0.433 e. The van der Waals surface area contributed by atoms with Crippen molar-refractivity contribution < 1.29 is 55.6 Å². The highest BCUT2D eigenvalue weighted by molar-refractivity contribution is 7.08. The van der Waals surface area contributed by atoms with Gasteiger partial charge in [-0.3, -0.25) is 19.4 Å². The SMILES string of the molecule is COc1ccc(-c2nc3c(C(=O)N4CCN([C@@H](CO)c5ccsc5)C[C@H]4C)cnn3c(C(F)(F)F)c2C)cc1.COc1ccc(-c2nc3c(C(=O)N4CCN([C@H](CO)c5ccsc5)C[C@H]4C)cnn3c(C(F)(F)F)c2C)cc1. The molecule has 0 aliphatic carbocycles. The van der Waals surface area contributed by atoms with Crippen molar-refractivity contribution in [3.8, 4) is 34.0 Å². The number of amides is 2. The molecule has 10 rings (SSSR count). The molecule has 0 spiro atoms. The second-order valence-electron chi connectivity index (χ2n) is 19.1. The van der Waals surface area contributed by atoms with Gasteiger partial charge in [-0.05, 0) is 121 Å². The summed E-state index contributed by atoms with van der Waals surface area (Å²) < 4.78 is 97.3. The average Bonchev–Trinajstić information content (AvgIpc) is 4.33. The minimum absolute atomic E-state index is 0.00658. The Bertz CT molecular complexity index is 3170. The number of methoxy groups -OCH3 is 2. The number of benzene rings is 2. The number of alkyl halides is 6. The number of nitrogens with zero attached hydrogens (tertiary/aromatic N) is 10. The Morgan fingerprint density at radius 3 is 1.28 bits per heavy atom. The van der Waals surface area contributed by atoms with Gasteiger partial charge in [-0.1, -0.05) is 0 Å². The molecule has 78 heavy (non-hydrogen) atoms. The summed E-state index contributed by atoms with van der Waals surface area (Å²) in [6.45, 7) is 9.09. The zero-order valence-electron chi connectivity index (χ0n) is 43.3. The molecule has 2 amide bonds. The molecule has 24 heteroatoms. The van der Waals surface area contributed by atoms with Crippen LogP contribution >= 0.6 is 22.7 Å². The zero-order valence-corrected chi connectivity index (χ0v) is 44.9. The van der Waals surface area contributed by atoms with E-state index in [0.717, 1.165) is 32.6 Å². The summed E-state index contributed by atoms with van der Waals surface area (Å²) in [6.07, 6.45) is -7.12. The van der Waals surface area contributed by atoms with Gasteiger partial charge in [0, 0.05) is 73.6 Å². The number of piperazine rings is 2. The Labute approximate surface area is 452 Å². The third-order valence-electron chi connectivity index (χ3n) is 14.4. The number of hydrogen-bond acceptors (Lipinski definition) is 14. The number of carbonyl (C=O) groups is 2. The Hall–Kier alpha value is -6.96. The van der Waals surface area contributed by atoms with E-state index in [1.807, 2.05) is 47.5 Å². The Kier molecular flexibility index (Phi) is 16.3. The molecule has 0 unspecified atom stereocenters. The molecule has 2 saturated heterocycles. The molecule has 2 fully saturated rings. The van der Waals surface area contributed by atoms with Gasteiger partial charge in [0.2, 0.25) is 0 Å². The molecule has 8 heterocycles. The van der Waals surface area contributed by atoms with Crippen LogP contribution in [0.15, 0.2) is 94.6 Å². The van der Waals surface area contributed by atoms with E-state index >= 15 is 0 Å². The molecule has 2 aliphatic rings. The van der Waals surface area contributed by atoms with Crippen molar-refractivity contribution in [3.05, 3.63) is 139 Å². The molecular weight excluding hydrogens is 1060 g/mol. The van der Waals surface area contributed by atoms with Gasteiger partial charge in [0.15, 0.2) is 22.7 Å².